The quantitative estimate of drug-likeness (QED) is 0.756. The van der Waals surface area contributed by atoms with Gasteiger partial charge in [0.15, 0.2) is 0 Å². The van der Waals surface area contributed by atoms with Crippen LogP contribution in [0.25, 0.3) is 0 Å². The minimum atomic E-state index is 0.553. The van der Waals surface area contributed by atoms with Crippen molar-refractivity contribution >= 4 is 11.3 Å². The molecule has 1 heterocycles. The van der Waals surface area contributed by atoms with Crippen molar-refractivity contribution in [3.8, 4) is 0 Å². The molecule has 1 nitrogen and oxygen atoms in total. The maximum atomic E-state index is 3.56. The third-order valence-electron chi connectivity index (χ3n) is 2.62. The standard InChI is InChI=1S/C10H15NS/c1-10(2)6-9(10)11-7-8-4-3-5-12-8/h3-5,9,11H,6-7H2,1-2H3. The van der Waals surface area contributed by atoms with E-state index in [-0.39, 0.29) is 0 Å². The van der Waals surface area contributed by atoms with E-state index < -0.39 is 0 Å². The Hall–Kier alpha value is -0.340. The van der Waals surface area contributed by atoms with Gasteiger partial charge in [-0.1, -0.05) is 19.9 Å². The number of rotatable bonds is 3. The van der Waals surface area contributed by atoms with Crippen LogP contribution in [0.3, 0.4) is 0 Å². The van der Waals surface area contributed by atoms with Crippen molar-refractivity contribution < 1.29 is 0 Å². The van der Waals surface area contributed by atoms with Crippen LogP contribution in [0.2, 0.25) is 0 Å². The van der Waals surface area contributed by atoms with Crippen LogP contribution in [0, 0.1) is 5.41 Å². The Morgan fingerprint density at radius 3 is 2.92 bits per heavy atom. The van der Waals surface area contributed by atoms with Gasteiger partial charge in [-0.25, -0.2) is 0 Å². The molecule has 66 valence electrons. The average Bonchev–Trinajstić information content (AvgIpc) is 2.54. The van der Waals surface area contributed by atoms with Crippen molar-refractivity contribution in [2.24, 2.45) is 5.41 Å². The maximum Gasteiger partial charge on any atom is 0.0302 e. The molecular weight excluding hydrogens is 166 g/mol. The van der Waals surface area contributed by atoms with Crippen LogP contribution in [-0.4, -0.2) is 6.04 Å². The van der Waals surface area contributed by atoms with Gasteiger partial charge in [0.25, 0.3) is 0 Å². The van der Waals surface area contributed by atoms with Gasteiger partial charge in [-0.15, -0.1) is 11.3 Å². The molecule has 12 heavy (non-hydrogen) atoms. The summed E-state index contributed by atoms with van der Waals surface area (Å²) >= 11 is 1.83. The fourth-order valence-electron chi connectivity index (χ4n) is 1.45. The van der Waals surface area contributed by atoms with E-state index in [9.17, 15) is 0 Å². The molecular formula is C10H15NS. The minimum Gasteiger partial charge on any atom is -0.309 e. The lowest BCUT2D eigenvalue weighted by atomic mass is 10.2. The van der Waals surface area contributed by atoms with E-state index in [1.807, 2.05) is 11.3 Å². The van der Waals surface area contributed by atoms with E-state index in [1.54, 1.807) is 0 Å². The summed E-state index contributed by atoms with van der Waals surface area (Å²) in [5.74, 6) is 0. The highest BCUT2D eigenvalue weighted by atomic mass is 32.1. The van der Waals surface area contributed by atoms with E-state index >= 15 is 0 Å². The topological polar surface area (TPSA) is 12.0 Å². The highest BCUT2D eigenvalue weighted by Gasteiger charge is 2.44. The van der Waals surface area contributed by atoms with Crippen LogP contribution in [-0.2, 0) is 6.54 Å². The molecule has 0 aromatic carbocycles. The third kappa shape index (κ3) is 1.70. The summed E-state index contributed by atoms with van der Waals surface area (Å²) in [5.41, 5.74) is 0.553. The van der Waals surface area contributed by atoms with Crippen LogP contribution in [0.15, 0.2) is 17.5 Å². The number of thiophene rings is 1. The van der Waals surface area contributed by atoms with Crippen LogP contribution >= 0.6 is 11.3 Å². The summed E-state index contributed by atoms with van der Waals surface area (Å²) < 4.78 is 0. The van der Waals surface area contributed by atoms with Gasteiger partial charge in [-0.05, 0) is 23.3 Å². The van der Waals surface area contributed by atoms with E-state index in [4.69, 9.17) is 0 Å². The molecule has 1 fully saturated rings. The second-order valence-electron chi connectivity index (χ2n) is 4.21. The molecule has 1 aliphatic carbocycles. The smallest absolute Gasteiger partial charge is 0.0302 e. The van der Waals surface area contributed by atoms with Crippen molar-refractivity contribution in [3.63, 3.8) is 0 Å². The van der Waals surface area contributed by atoms with Crippen molar-refractivity contribution in [2.75, 3.05) is 0 Å². The zero-order chi connectivity index (χ0) is 8.60. The molecule has 0 aliphatic heterocycles. The van der Waals surface area contributed by atoms with Crippen LogP contribution in [0.5, 0.6) is 0 Å². The molecule has 0 saturated heterocycles. The Morgan fingerprint density at radius 2 is 2.42 bits per heavy atom. The summed E-state index contributed by atoms with van der Waals surface area (Å²) in [4.78, 5) is 1.44. The molecule has 0 spiro atoms. The summed E-state index contributed by atoms with van der Waals surface area (Å²) in [6.45, 7) is 5.68. The Kier molecular flexibility index (Phi) is 1.97. The summed E-state index contributed by atoms with van der Waals surface area (Å²) in [7, 11) is 0. The zero-order valence-corrected chi connectivity index (χ0v) is 8.45. The first kappa shape index (κ1) is 8.27. The first-order chi connectivity index (χ1) is 5.68. The predicted molar refractivity (Wildman–Crippen MR) is 53.3 cm³/mol. The lowest BCUT2D eigenvalue weighted by molar-refractivity contribution is 0.544. The highest BCUT2D eigenvalue weighted by molar-refractivity contribution is 7.09. The van der Waals surface area contributed by atoms with Crippen molar-refractivity contribution in [1.29, 1.82) is 0 Å². The molecule has 2 rings (SSSR count). The monoisotopic (exact) mass is 181 g/mol. The second kappa shape index (κ2) is 2.86. The van der Waals surface area contributed by atoms with E-state index in [0.717, 1.165) is 12.6 Å². The van der Waals surface area contributed by atoms with E-state index in [1.165, 1.54) is 11.3 Å². The van der Waals surface area contributed by atoms with Gasteiger partial charge in [-0.3, -0.25) is 0 Å². The Balaban J connectivity index is 1.78. The second-order valence-corrected chi connectivity index (χ2v) is 5.24. The summed E-state index contributed by atoms with van der Waals surface area (Å²) in [6.07, 6.45) is 1.33. The molecule has 2 heteroatoms. The zero-order valence-electron chi connectivity index (χ0n) is 7.63. The van der Waals surface area contributed by atoms with E-state index in [2.05, 4.69) is 36.7 Å². The van der Waals surface area contributed by atoms with Crippen LogP contribution in [0.1, 0.15) is 25.1 Å². The third-order valence-corrected chi connectivity index (χ3v) is 3.49. The lowest BCUT2D eigenvalue weighted by Crippen LogP contribution is -2.19. The SMILES string of the molecule is CC1(C)CC1NCc1cccs1. The molecule has 1 aromatic heterocycles. The van der Waals surface area contributed by atoms with Crippen LogP contribution in [0.4, 0.5) is 0 Å². The average molecular weight is 181 g/mol. The fraction of sp³-hybridized carbons (Fsp3) is 0.600. The number of nitrogens with one attached hydrogen (secondary N) is 1. The van der Waals surface area contributed by atoms with Gasteiger partial charge in [0.1, 0.15) is 0 Å². The normalized spacial score (nSPS) is 25.7. The molecule has 1 unspecified atom stereocenters. The molecule has 1 aliphatic rings. The highest BCUT2D eigenvalue weighted by Crippen LogP contribution is 2.44. The lowest BCUT2D eigenvalue weighted by Gasteiger charge is -2.04. The number of hydrogen-bond donors (Lipinski definition) is 1. The van der Waals surface area contributed by atoms with Gasteiger partial charge in [-0.2, -0.15) is 0 Å². The van der Waals surface area contributed by atoms with E-state index in [0.29, 0.717) is 5.41 Å². The Labute approximate surface area is 77.8 Å². The fourth-order valence-corrected chi connectivity index (χ4v) is 2.11. The first-order valence-electron chi connectivity index (χ1n) is 4.44. The molecule has 1 N–H and O–H groups in total. The maximum absolute atomic E-state index is 3.56. The van der Waals surface area contributed by atoms with Gasteiger partial charge in [0, 0.05) is 17.5 Å². The van der Waals surface area contributed by atoms with Gasteiger partial charge >= 0.3 is 0 Å². The molecule has 0 amide bonds. The minimum absolute atomic E-state index is 0.553. The Morgan fingerprint density at radius 1 is 1.67 bits per heavy atom. The Bertz CT molecular complexity index is 251. The van der Waals surface area contributed by atoms with Crippen molar-refractivity contribution in [1.82, 2.24) is 5.32 Å². The molecule has 1 saturated carbocycles. The summed E-state index contributed by atoms with van der Waals surface area (Å²) in [5, 5.41) is 5.69. The van der Waals surface area contributed by atoms with Gasteiger partial charge < -0.3 is 5.32 Å². The molecule has 0 radical (unpaired) electrons. The molecule has 1 aromatic rings. The van der Waals surface area contributed by atoms with Gasteiger partial charge in [0.05, 0.1) is 0 Å². The molecule has 0 bridgehead atoms. The first-order valence-corrected chi connectivity index (χ1v) is 5.32. The van der Waals surface area contributed by atoms with Crippen LogP contribution < -0.4 is 5.32 Å². The van der Waals surface area contributed by atoms with Gasteiger partial charge in [0.2, 0.25) is 0 Å². The predicted octanol–water partition coefficient (Wildman–Crippen LogP) is 2.64. The summed E-state index contributed by atoms with van der Waals surface area (Å²) in [6, 6.07) is 5.05. The van der Waals surface area contributed by atoms with Crippen molar-refractivity contribution in [3.05, 3.63) is 22.4 Å². The number of hydrogen-bond acceptors (Lipinski definition) is 2. The van der Waals surface area contributed by atoms with Crippen molar-refractivity contribution in [2.45, 2.75) is 32.9 Å². The largest absolute Gasteiger partial charge is 0.309 e. The molecule has 1 atom stereocenters.